The Morgan fingerprint density at radius 2 is 1.50 bits per heavy atom. The topological polar surface area (TPSA) is 12.5 Å². The monoisotopic (exact) mass is 225 g/mol. The normalized spacial score (nSPS) is 8.42. The maximum absolute atomic E-state index is 5.09. The summed E-state index contributed by atoms with van der Waals surface area (Å²) in [6.07, 6.45) is 0. The fraction of sp³-hybridized carbons (Fsp3) is 0.429. The van der Waals surface area contributed by atoms with Crippen molar-refractivity contribution in [2.45, 2.75) is 0 Å². The van der Waals surface area contributed by atoms with E-state index in [4.69, 9.17) is 4.12 Å². The molecule has 0 aliphatic heterocycles. The summed E-state index contributed by atoms with van der Waals surface area (Å²) in [5.74, 6) is 0. The minimum absolute atomic E-state index is 0. The third kappa shape index (κ3) is 22.5. The molecule has 0 bridgehead atoms. The summed E-state index contributed by atoms with van der Waals surface area (Å²) in [5, 5.41) is 0. The van der Waals surface area contributed by atoms with Gasteiger partial charge in [0.2, 0.25) is 9.04 Å². The number of hydrogen-bond donors (Lipinski definition) is 0. The van der Waals surface area contributed by atoms with Gasteiger partial charge in [-0.25, -0.2) is 0 Å². The molecule has 12 heavy (non-hydrogen) atoms. The second-order valence-corrected chi connectivity index (χ2v) is 6.27. The molecule has 0 aromatic rings. The highest BCUT2D eigenvalue weighted by molar-refractivity contribution is 6.65. The molecule has 0 spiro atoms. The molecule has 0 saturated carbocycles. The van der Waals surface area contributed by atoms with Crippen LogP contribution in [0.1, 0.15) is 0 Å². The van der Waals surface area contributed by atoms with Crippen LogP contribution in [0.3, 0.4) is 0 Å². The lowest BCUT2D eigenvalue weighted by atomic mass is 11.0. The Hall–Kier alpha value is 0.124. The molecule has 0 N–H and O–H groups in total. The van der Waals surface area contributed by atoms with Crippen LogP contribution in [-0.2, 0) is 4.12 Å². The van der Waals surface area contributed by atoms with Crippen LogP contribution in [0.15, 0.2) is 24.6 Å². The molecule has 0 aliphatic rings. The number of rotatable bonds is 3. The second kappa shape index (κ2) is 13.7. The van der Waals surface area contributed by atoms with Crippen molar-refractivity contribution >= 4 is 31.9 Å². The Labute approximate surface area is 87.0 Å². The van der Waals surface area contributed by atoms with Gasteiger partial charge in [-0.1, -0.05) is 11.4 Å². The van der Waals surface area contributed by atoms with Gasteiger partial charge in [-0.2, -0.15) is 0 Å². The van der Waals surface area contributed by atoms with E-state index in [1.54, 1.807) is 0 Å². The summed E-state index contributed by atoms with van der Waals surface area (Å²) >= 11 is 0. The van der Waals surface area contributed by atoms with Crippen molar-refractivity contribution in [2.24, 2.45) is 0 Å². The SMILES string of the molecule is C=C[SiH](C=C)O[SiH3].CN(C)C.Cl. The minimum atomic E-state index is -1.08. The minimum Gasteiger partial charge on any atom is -0.460 e. The standard InChI is InChI=1S/C4H10OSi2.C3H9N.ClH/c1-3-7(4-2)5-6;1-4(2)3;/h3-4,7H,1-2H2,6H3;1-3H3;1H. The number of hydrogen-bond acceptors (Lipinski definition) is 2. The molecule has 0 unspecified atom stereocenters. The first kappa shape index (κ1) is 18.0. The van der Waals surface area contributed by atoms with Crippen LogP contribution in [0.25, 0.3) is 0 Å². The lowest BCUT2D eigenvalue weighted by Crippen LogP contribution is -2.08. The Kier molecular flexibility index (Phi) is 20.6. The molecule has 0 heterocycles. The zero-order chi connectivity index (χ0) is 9.28. The molecule has 0 amide bonds. The zero-order valence-electron chi connectivity index (χ0n) is 8.41. The molecule has 0 aromatic carbocycles. The highest BCUT2D eigenvalue weighted by atomic mass is 35.5. The van der Waals surface area contributed by atoms with E-state index in [0.29, 0.717) is 0 Å². The highest BCUT2D eigenvalue weighted by Crippen LogP contribution is 1.81. The molecule has 0 fully saturated rings. The Morgan fingerprint density at radius 3 is 1.50 bits per heavy atom. The summed E-state index contributed by atoms with van der Waals surface area (Å²) in [5.41, 5.74) is 3.72. The molecule has 0 atom stereocenters. The van der Waals surface area contributed by atoms with Gasteiger partial charge >= 0.3 is 0 Å². The van der Waals surface area contributed by atoms with Gasteiger partial charge in [0.15, 0.2) is 0 Å². The van der Waals surface area contributed by atoms with Gasteiger partial charge in [0, 0.05) is 0 Å². The van der Waals surface area contributed by atoms with Crippen LogP contribution in [0.4, 0.5) is 0 Å². The van der Waals surface area contributed by atoms with E-state index in [2.05, 4.69) is 13.2 Å². The predicted molar refractivity (Wildman–Crippen MR) is 65.4 cm³/mol. The first-order valence-electron chi connectivity index (χ1n) is 3.47. The molecule has 0 radical (unpaired) electrons. The quantitative estimate of drug-likeness (QED) is 0.630. The van der Waals surface area contributed by atoms with Gasteiger partial charge in [0.1, 0.15) is 10.5 Å². The van der Waals surface area contributed by atoms with E-state index in [1.807, 2.05) is 37.4 Å². The maximum Gasteiger partial charge on any atom is 0.212 e. The molecular formula is C7H20ClNOSi2. The number of nitrogens with zero attached hydrogens (tertiary/aromatic N) is 1. The fourth-order valence-electron chi connectivity index (χ4n) is 0.289. The first-order valence-corrected chi connectivity index (χ1v) is 6.09. The van der Waals surface area contributed by atoms with Gasteiger partial charge in [0.05, 0.1) is 0 Å². The highest BCUT2D eigenvalue weighted by Gasteiger charge is 1.91. The fourth-order valence-corrected chi connectivity index (χ4v) is 2.02. The summed E-state index contributed by atoms with van der Waals surface area (Å²) < 4.78 is 5.09. The lowest BCUT2D eigenvalue weighted by molar-refractivity contribution is 0.505. The number of halogens is 1. The molecule has 74 valence electrons. The van der Waals surface area contributed by atoms with Crippen molar-refractivity contribution in [1.29, 1.82) is 0 Å². The van der Waals surface area contributed by atoms with Gasteiger partial charge in [-0.3, -0.25) is 0 Å². The molecule has 0 rings (SSSR count). The van der Waals surface area contributed by atoms with Crippen LogP contribution >= 0.6 is 12.4 Å². The Balaban J connectivity index is -0.000000142. The summed E-state index contributed by atoms with van der Waals surface area (Å²) in [6, 6.07) is 0. The smallest absolute Gasteiger partial charge is 0.212 e. The molecule has 5 heteroatoms. The first-order chi connectivity index (χ1) is 5.08. The third-order valence-electron chi connectivity index (χ3n) is 0.737. The average Bonchev–Trinajstić information content (AvgIpc) is 1.90. The molecular weight excluding hydrogens is 206 g/mol. The van der Waals surface area contributed by atoms with Crippen molar-refractivity contribution in [3.05, 3.63) is 24.6 Å². The van der Waals surface area contributed by atoms with Crippen LogP contribution < -0.4 is 0 Å². The molecule has 0 saturated heterocycles. The lowest BCUT2D eigenvalue weighted by Gasteiger charge is -1.97. The van der Waals surface area contributed by atoms with Crippen LogP contribution in [0, 0.1) is 0 Å². The molecule has 2 nitrogen and oxygen atoms in total. The Bertz CT molecular complexity index is 101. The molecule has 0 aromatic heterocycles. The van der Waals surface area contributed by atoms with Crippen molar-refractivity contribution in [2.75, 3.05) is 21.1 Å². The summed E-state index contributed by atoms with van der Waals surface area (Å²) in [7, 11) is 5.73. The van der Waals surface area contributed by atoms with E-state index in [1.165, 1.54) is 0 Å². The van der Waals surface area contributed by atoms with Crippen LogP contribution in [-0.4, -0.2) is 45.6 Å². The van der Waals surface area contributed by atoms with Crippen LogP contribution in [0.2, 0.25) is 0 Å². The van der Waals surface area contributed by atoms with Gasteiger partial charge in [-0.15, -0.1) is 25.6 Å². The average molecular weight is 226 g/mol. The summed E-state index contributed by atoms with van der Waals surface area (Å²) in [4.78, 5) is 2.00. The van der Waals surface area contributed by atoms with Crippen molar-refractivity contribution in [1.82, 2.24) is 4.90 Å². The maximum atomic E-state index is 5.09. The van der Waals surface area contributed by atoms with E-state index in [9.17, 15) is 0 Å². The van der Waals surface area contributed by atoms with E-state index < -0.39 is 9.04 Å². The largest absolute Gasteiger partial charge is 0.460 e. The van der Waals surface area contributed by atoms with Crippen LogP contribution in [0.5, 0.6) is 0 Å². The van der Waals surface area contributed by atoms with Gasteiger partial charge in [0.25, 0.3) is 0 Å². The Morgan fingerprint density at radius 1 is 1.25 bits per heavy atom. The van der Waals surface area contributed by atoms with Crippen molar-refractivity contribution in [3.8, 4) is 0 Å². The third-order valence-corrected chi connectivity index (χ3v) is 3.84. The van der Waals surface area contributed by atoms with Crippen molar-refractivity contribution in [3.63, 3.8) is 0 Å². The van der Waals surface area contributed by atoms with Gasteiger partial charge in [-0.05, 0) is 21.1 Å². The van der Waals surface area contributed by atoms with E-state index in [-0.39, 0.29) is 12.4 Å². The van der Waals surface area contributed by atoms with E-state index in [0.717, 1.165) is 10.5 Å². The molecule has 0 aliphatic carbocycles. The zero-order valence-corrected chi connectivity index (χ0v) is 12.4. The summed E-state index contributed by atoms with van der Waals surface area (Å²) in [6.45, 7) is 7.18. The second-order valence-electron chi connectivity index (χ2n) is 2.51. The van der Waals surface area contributed by atoms with Gasteiger partial charge < -0.3 is 9.02 Å². The predicted octanol–water partition coefficient (Wildman–Crippen LogP) is 0.0572. The van der Waals surface area contributed by atoms with Crippen molar-refractivity contribution < 1.29 is 4.12 Å². The van der Waals surface area contributed by atoms with E-state index >= 15 is 0 Å².